The number of carboxylic acid groups (broad SMARTS) is 1. The van der Waals surface area contributed by atoms with Gasteiger partial charge in [0.15, 0.2) is 5.65 Å². The number of pyridine rings is 1. The molecule has 3 aliphatic rings. The van der Waals surface area contributed by atoms with E-state index in [0.29, 0.717) is 12.4 Å². The van der Waals surface area contributed by atoms with Crippen LogP contribution >= 0.6 is 0 Å². The zero-order valence-electron chi connectivity index (χ0n) is 33.9. The summed E-state index contributed by atoms with van der Waals surface area (Å²) in [5, 5.41) is 27.2. The highest BCUT2D eigenvalue weighted by Crippen LogP contribution is 2.39. The lowest BCUT2D eigenvalue weighted by molar-refractivity contribution is -0.122. The first kappa shape index (κ1) is 40.5. The number of aromatic nitrogens is 5. The first-order valence-electron chi connectivity index (χ1n) is 20.3. The number of hydrogen-bond donors (Lipinski definition) is 3. The number of hydrogen-bond acceptors (Lipinski definition) is 10. The number of morpholine rings is 1. The molecule has 3 N–H and O–H groups in total. The minimum atomic E-state index is -0.293. The Hall–Kier alpha value is -5.67. The molecule has 1 aliphatic carbocycles. The molecule has 0 radical (unpaired) electrons. The second-order valence-electron chi connectivity index (χ2n) is 16.0. The number of benzene rings is 2. The molecule has 2 saturated heterocycles. The molecule has 8 rings (SSSR count). The van der Waals surface area contributed by atoms with E-state index < -0.39 is 0 Å². The van der Waals surface area contributed by atoms with Crippen LogP contribution in [0, 0.1) is 6.92 Å². The summed E-state index contributed by atoms with van der Waals surface area (Å²) in [5.74, 6) is 3.02. The lowest BCUT2D eigenvalue weighted by Gasteiger charge is -2.32. The molecule has 3 aromatic heterocycles. The Morgan fingerprint density at radius 2 is 1.72 bits per heavy atom. The third-order valence-corrected chi connectivity index (χ3v) is 10.9. The molecule has 0 saturated carbocycles. The molecule has 5 aromatic rings. The molecule has 0 bridgehead atoms. The van der Waals surface area contributed by atoms with Gasteiger partial charge in [0.1, 0.15) is 30.0 Å². The summed E-state index contributed by atoms with van der Waals surface area (Å²) in [6.45, 7) is 14.9. The van der Waals surface area contributed by atoms with Crippen LogP contribution in [0.25, 0.3) is 11.3 Å². The Bertz CT molecular complexity index is 2170. The van der Waals surface area contributed by atoms with Crippen LogP contribution < -0.4 is 25.0 Å². The summed E-state index contributed by atoms with van der Waals surface area (Å²) in [6.07, 6.45) is 6.89. The van der Waals surface area contributed by atoms with Gasteiger partial charge in [-0.3, -0.25) is 19.4 Å². The third-order valence-electron chi connectivity index (χ3n) is 10.9. The van der Waals surface area contributed by atoms with Crippen molar-refractivity contribution in [3.8, 4) is 17.2 Å². The summed E-state index contributed by atoms with van der Waals surface area (Å²) in [6, 6.07) is 19.7. The zero-order chi connectivity index (χ0) is 40.6. The molecule has 2 fully saturated rings. The highest BCUT2D eigenvalue weighted by Gasteiger charge is 2.30. The van der Waals surface area contributed by atoms with E-state index in [1.54, 1.807) is 4.68 Å². The van der Waals surface area contributed by atoms with Crippen LogP contribution in [0.15, 0.2) is 66.9 Å². The number of carbonyl (C=O) groups excluding carboxylic acids is 1. The standard InChI is InChI=1S/C42H53N9O4.CH2O2/c1-29-12-13-30(26-36(29)54-25-22-48-20-23-53-24-21-48)51-39(27-37(47-51)42(2,3)4)44-40(52)43-34-15-16-35(33-11-7-6-10-32(33)34)55-31-14-17-38-45-46-41(50(38)28-31)49-18-8-5-9-19-49;2-1-3/h6-7,10-14,17,26-28,34-35H,5,8-9,15-16,18-25H2,1-4H3,(H2,43,44,52);1H,(H,2,3)/t34-,35+;/m0./s1. The molecular weight excluding hydrogens is 739 g/mol. The smallest absolute Gasteiger partial charge is 0.320 e. The lowest BCUT2D eigenvalue weighted by Crippen LogP contribution is -2.38. The number of amides is 2. The van der Waals surface area contributed by atoms with E-state index in [1.807, 2.05) is 66.1 Å². The number of nitrogens with one attached hydrogen (secondary N) is 2. The van der Waals surface area contributed by atoms with Crippen molar-refractivity contribution in [2.45, 2.75) is 77.4 Å². The molecule has 0 spiro atoms. The van der Waals surface area contributed by atoms with E-state index in [9.17, 15) is 4.79 Å². The molecule has 0 unspecified atom stereocenters. The number of rotatable bonds is 10. The fourth-order valence-corrected chi connectivity index (χ4v) is 7.76. The Balaban J connectivity index is 0.00000166. The quantitative estimate of drug-likeness (QED) is 0.129. The molecular formula is C43H55N9O6. The Kier molecular flexibility index (Phi) is 12.8. The topological polar surface area (TPSA) is 161 Å². The van der Waals surface area contributed by atoms with Gasteiger partial charge in [-0.2, -0.15) is 5.10 Å². The second-order valence-corrected chi connectivity index (χ2v) is 16.0. The average molecular weight is 794 g/mol. The first-order valence-corrected chi connectivity index (χ1v) is 20.3. The van der Waals surface area contributed by atoms with Crippen LogP contribution in [0.2, 0.25) is 0 Å². The predicted octanol–water partition coefficient (Wildman–Crippen LogP) is 6.70. The van der Waals surface area contributed by atoms with Gasteiger partial charge < -0.3 is 29.5 Å². The van der Waals surface area contributed by atoms with Gasteiger partial charge in [-0.15, -0.1) is 10.2 Å². The van der Waals surface area contributed by atoms with Crippen LogP contribution in [0.4, 0.5) is 16.6 Å². The number of ether oxygens (including phenoxy) is 3. The minimum absolute atomic E-state index is 0.160. The van der Waals surface area contributed by atoms with E-state index in [1.165, 1.54) is 6.42 Å². The zero-order valence-corrected chi connectivity index (χ0v) is 33.9. The normalized spacial score (nSPS) is 18.4. The van der Waals surface area contributed by atoms with Crippen LogP contribution in [0.3, 0.4) is 0 Å². The number of nitrogens with zero attached hydrogens (tertiary/aromatic N) is 7. The van der Waals surface area contributed by atoms with Crippen LogP contribution in [-0.4, -0.2) is 99.4 Å². The van der Waals surface area contributed by atoms with Crippen molar-refractivity contribution in [1.29, 1.82) is 0 Å². The lowest BCUT2D eigenvalue weighted by atomic mass is 9.85. The number of urea groups is 1. The molecule has 5 heterocycles. The predicted molar refractivity (Wildman–Crippen MR) is 221 cm³/mol. The summed E-state index contributed by atoms with van der Waals surface area (Å²) >= 11 is 0. The van der Waals surface area contributed by atoms with E-state index >= 15 is 0 Å². The van der Waals surface area contributed by atoms with Gasteiger partial charge in [0.2, 0.25) is 5.95 Å². The van der Waals surface area contributed by atoms with Crippen molar-refractivity contribution in [1.82, 2.24) is 34.6 Å². The minimum Gasteiger partial charge on any atom is -0.492 e. The number of fused-ring (bicyclic) bond motifs is 2. The molecule has 2 aromatic carbocycles. The highest BCUT2D eigenvalue weighted by atomic mass is 16.5. The molecule has 58 heavy (non-hydrogen) atoms. The molecule has 15 nitrogen and oxygen atoms in total. The highest BCUT2D eigenvalue weighted by molar-refractivity contribution is 5.89. The summed E-state index contributed by atoms with van der Waals surface area (Å²) in [7, 11) is 0. The SMILES string of the molecule is Cc1ccc(-n2nc(C(C)(C)C)cc2NC(=O)N[C@H]2CC[C@@H](Oc3ccc4nnc(N5CCCCC5)n4c3)c3ccccc32)cc1OCCN1CCOCC1.O=CO. The van der Waals surface area contributed by atoms with E-state index in [2.05, 4.69) is 63.5 Å². The summed E-state index contributed by atoms with van der Waals surface area (Å²) in [4.78, 5) is 26.9. The summed E-state index contributed by atoms with van der Waals surface area (Å²) in [5.41, 5.74) is 5.42. The van der Waals surface area contributed by atoms with Crippen LogP contribution in [-0.2, 0) is 14.9 Å². The maximum absolute atomic E-state index is 13.8. The number of aryl methyl sites for hydroxylation is 1. The largest absolute Gasteiger partial charge is 0.492 e. The van der Waals surface area contributed by atoms with Crippen molar-refractivity contribution in [3.63, 3.8) is 0 Å². The Morgan fingerprint density at radius 3 is 2.48 bits per heavy atom. The van der Waals surface area contributed by atoms with Crippen molar-refractivity contribution in [2.75, 3.05) is 62.8 Å². The monoisotopic (exact) mass is 793 g/mol. The molecule has 15 heteroatoms. The maximum atomic E-state index is 13.8. The van der Waals surface area contributed by atoms with Crippen molar-refractivity contribution in [2.24, 2.45) is 0 Å². The molecule has 308 valence electrons. The Morgan fingerprint density at radius 1 is 0.966 bits per heavy atom. The average Bonchev–Trinajstić information content (AvgIpc) is 3.85. The fourth-order valence-electron chi connectivity index (χ4n) is 7.76. The first-order chi connectivity index (χ1) is 28.1. The Labute approximate surface area is 339 Å². The van der Waals surface area contributed by atoms with Crippen molar-refractivity contribution < 1.29 is 28.9 Å². The molecule has 2 atom stereocenters. The van der Waals surface area contributed by atoms with Gasteiger partial charge in [-0.05, 0) is 73.9 Å². The van der Waals surface area contributed by atoms with Crippen LogP contribution in [0.5, 0.6) is 11.5 Å². The maximum Gasteiger partial charge on any atom is 0.320 e. The number of carbonyl (C=O) groups is 2. The molecule has 2 aliphatic heterocycles. The number of piperidine rings is 1. The second kappa shape index (κ2) is 18.3. The van der Waals surface area contributed by atoms with Crippen molar-refractivity contribution in [3.05, 3.63) is 89.2 Å². The van der Waals surface area contributed by atoms with E-state index in [4.69, 9.17) is 29.2 Å². The van der Waals surface area contributed by atoms with Crippen LogP contribution in [0.1, 0.15) is 87.4 Å². The van der Waals surface area contributed by atoms with Gasteiger partial charge >= 0.3 is 6.03 Å². The van der Waals surface area contributed by atoms with E-state index in [0.717, 1.165) is 123 Å². The van der Waals surface area contributed by atoms with Gasteiger partial charge in [0, 0.05) is 50.3 Å². The summed E-state index contributed by atoms with van der Waals surface area (Å²) < 4.78 is 22.3. The van der Waals surface area contributed by atoms with Gasteiger partial charge in [0.25, 0.3) is 6.47 Å². The fraction of sp³-hybridized carbons (Fsp3) is 0.465. The number of anilines is 2. The third kappa shape index (κ3) is 9.54. The van der Waals surface area contributed by atoms with Gasteiger partial charge in [-0.25, -0.2) is 9.48 Å². The molecule has 2 amide bonds. The van der Waals surface area contributed by atoms with E-state index in [-0.39, 0.29) is 30.1 Å². The van der Waals surface area contributed by atoms with Gasteiger partial charge in [-0.1, -0.05) is 51.1 Å². The van der Waals surface area contributed by atoms with Crippen molar-refractivity contribution >= 4 is 29.9 Å². The van der Waals surface area contributed by atoms with Gasteiger partial charge in [0.05, 0.1) is 36.8 Å².